The van der Waals surface area contributed by atoms with Gasteiger partial charge in [-0.3, -0.25) is 0 Å². The number of hydrogen-bond acceptors (Lipinski definition) is 5. The lowest BCUT2D eigenvalue weighted by atomic mass is 10.2. The highest BCUT2D eigenvalue weighted by Gasteiger charge is 2.18. The summed E-state index contributed by atoms with van der Waals surface area (Å²) in [6.45, 7) is 5.84. The lowest BCUT2D eigenvalue weighted by Gasteiger charge is -2.12. The summed E-state index contributed by atoms with van der Waals surface area (Å²) in [5, 5.41) is 4.09. The van der Waals surface area contributed by atoms with E-state index in [-0.39, 0.29) is 23.3 Å². The largest absolute Gasteiger partial charge is 0.484 e. The number of nitrogens with zero attached hydrogens (tertiary/aromatic N) is 3. The highest BCUT2D eigenvalue weighted by Crippen LogP contribution is 2.28. The molecule has 0 saturated carbocycles. The molecule has 6 nitrogen and oxygen atoms in total. The second-order valence-corrected chi connectivity index (χ2v) is 7.43. The standard InChI is InChI=1S/C13H16ClN3O3S/c1-9(2)17-13(15-8-16-17)7-20-11-5-4-10(3)6-12(11)21(14,18)19/h4-6,8-9H,7H2,1-3H3. The van der Waals surface area contributed by atoms with Crippen LogP contribution in [-0.2, 0) is 15.7 Å². The Labute approximate surface area is 128 Å². The fraction of sp³-hybridized carbons (Fsp3) is 0.385. The molecule has 0 aliphatic heterocycles. The van der Waals surface area contributed by atoms with E-state index in [0.29, 0.717) is 5.82 Å². The molecule has 21 heavy (non-hydrogen) atoms. The first-order valence-corrected chi connectivity index (χ1v) is 8.66. The van der Waals surface area contributed by atoms with E-state index in [9.17, 15) is 8.42 Å². The summed E-state index contributed by atoms with van der Waals surface area (Å²) in [6.07, 6.45) is 1.44. The minimum absolute atomic E-state index is 0.0419. The lowest BCUT2D eigenvalue weighted by Crippen LogP contribution is -2.11. The van der Waals surface area contributed by atoms with Gasteiger partial charge in [0.25, 0.3) is 9.05 Å². The number of aromatic nitrogens is 3. The maximum atomic E-state index is 11.6. The van der Waals surface area contributed by atoms with E-state index < -0.39 is 9.05 Å². The van der Waals surface area contributed by atoms with Gasteiger partial charge in [0.1, 0.15) is 23.6 Å². The summed E-state index contributed by atoms with van der Waals surface area (Å²) >= 11 is 0. The molecule has 2 rings (SSSR count). The molecule has 0 aliphatic rings. The van der Waals surface area contributed by atoms with Crippen LogP contribution >= 0.6 is 10.7 Å². The van der Waals surface area contributed by atoms with Gasteiger partial charge in [-0.25, -0.2) is 18.1 Å². The summed E-state index contributed by atoms with van der Waals surface area (Å²) in [7, 11) is 1.57. The minimum atomic E-state index is -3.87. The van der Waals surface area contributed by atoms with Gasteiger partial charge < -0.3 is 4.74 Å². The highest BCUT2D eigenvalue weighted by molar-refractivity contribution is 8.13. The number of aryl methyl sites for hydroxylation is 1. The Hall–Kier alpha value is -1.60. The van der Waals surface area contributed by atoms with Gasteiger partial charge in [0.15, 0.2) is 5.82 Å². The zero-order chi connectivity index (χ0) is 15.6. The van der Waals surface area contributed by atoms with Gasteiger partial charge in [0.2, 0.25) is 0 Å². The van der Waals surface area contributed by atoms with Gasteiger partial charge in [-0.1, -0.05) is 6.07 Å². The van der Waals surface area contributed by atoms with Crippen LogP contribution in [0.5, 0.6) is 5.75 Å². The molecule has 0 atom stereocenters. The second kappa shape index (κ2) is 6.03. The lowest BCUT2D eigenvalue weighted by molar-refractivity contribution is 0.275. The molecule has 0 radical (unpaired) electrons. The molecule has 0 N–H and O–H groups in total. The Morgan fingerprint density at radius 3 is 2.71 bits per heavy atom. The maximum Gasteiger partial charge on any atom is 0.264 e. The van der Waals surface area contributed by atoms with Gasteiger partial charge in [-0.05, 0) is 38.5 Å². The SMILES string of the molecule is Cc1ccc(OCc2ncnn2C(C)C)c(S(=O)(=O)Cl)c1. The first-order valence-electron chi connectivity index (χ1n) is 6.35. The van der Waals surface area contributed by atoms with Crippen LogP contribution in [0.3, 0.4) is 0 Å². The molecule has 0 aliphatic carbocycles. The summed E-state index contributed by atoms with van der Waals surface area (Å²) < 4.78 is 30.5. The fourth-order valence-electron chi connectivity index (χ4n) is 1.88. The van der Waals surface area contributed by atoms with Crippen LogP contribution < -0.4 is 4.74 Å². The summed E-state index contributed by atoms with van der Waals surface area (Å²) in [5.41, 5.74) is 0.784. The van der Waals surface area contributed by atoms with Crippen LogP contribution in [-0.4, -0.2) is 23.2 Å². The normalized spacial score (nSPS) is 11.9. The fourth-order valence-corrected chi connectivity index (χ4v) is 2.93. The van der Waals surface area contributed by atoms with Crippen molar-refractivity contribution in [3.8, 4) is 5.75 Å². The van der Waals surface area contributed by atoms with Crippen molar-refractivity contribution >= 4 is 19.7 Å². The molecular formula is C13H16ClN3O3S. The van der Waals surface area contributed by atoms with E-state index >= 15 is 0 Å². The summed E-state index contributed by atoms with van der Waals surface area (Å²) in [4.78, 5) is 4.06. The molecule has 0 spiro atoms. The first kappa shape index (κ1) is 15.8. The monoisotopic (exact) mass is 329 g/mol. The van der Waals surface area contributed by atoms with Crippen LogP contribution in [0.4, 0.5) is 0 Å². The quantitative estimate of drug-likeness (QED) is 0.788. The van der Waals surface area contributed by atoms with Gasteiger partial charge in [0.05, 0.1) is 0 Å². The zero-order valence-electron chi connectivity index (χ0n) is 11.9. The highest BCUT2D eigenvalue weighted by atomic mass is 35.7. The van der Waals surface area contributed by atoms with Gasteiger partial charge in [-0.15, -0.1) is 0 Å². The number of ether oxygens (including phenoxy) is 1. The summed E-state index contributed by atoms with van der Waals surface area (Å²) in [6, 6.07) is 4.96. The third kappa shape index (κ3) is 3.74. The van der Waals surface area contributed by atoms with E-state index in [1.54, 1.807) is 23.7 Å². The Morgan fingerprint density at radius 2 is 2.10 bits per heavy atom. The predicted octanol–water partition coefficient (Wildman–Crippen LogP) is 2.67. The van der Waals surface area contributed by atoms with Gasteiger partial charge in [-0.2, -0.15) is 5.10 Å². The van der Waals surface area contributed by atoms with Crippen molar-refractivity contribution in [3.05, 3.63) is 35.9 Å². The van der Waals surface area contributed by atoms with Gasteiger partial charge >= 0.3 is 0 Å². The van der Waals surface area contributed by atoms with E-state index in [1.807, 2.05) is 13.8 Å². The van der Waals surface area contributed by atoms with Crippen LogP contribution in [0.1, 0.15) is 31.3 Å². The average molecular weight is 330 g/mol. The molecule has 0 amide bonds. The van der Waals surface area contributed by atoms with Crippen LogP contribution in [0.2, 0.25) is 0 Å². The van der Waals surface area contributed by atoms with Crippen molar-refractivity contribution in [3.63, 3.8) is 0 Å². The van der Waals surface area contributed by atoms with Crippen LogP contribution in [0, 0.1) is 6.92 Å². The third-order valence-electron chi connectivity index (χ3n) is 2.86. The smallest absolute Gasteiger partial charge is 0.264 e. The third-order valence-corrected chi connectivity index (χ3v) is 4.20. The van der Waals surface area contributed by atoms with Crippen molar-refractivity contribution in [1.29, 1.82) is 0 Å². The Kier molecular flexibility index (Phi) is 4.53. The Morgan fingerprint density at radius 1 is 1.38 bits per heavy atom. The molecule has 0 fully saturated rings. The molecular weight excluding hydrogens is 314 g/mol. The maximum absolute atomic E-state index is 11.6. The molecule has 1 aromatic carbocycles. The number of rotatable bonds is 5. The van der Waals surface area contributed by atoms with Crippen molar-refractivity contribution in [2.24, 2.45) is 0 Å². The van der Waals surface area contributed by atoms with E-state index in [2.05, 4.69) is 10.1 Å². The van der Waals surface area contributed by atoms with E-state index in [0.717, 1.165) is 5.56 Å². The predicted molar refractivity (Wildman–Crippen MR) is 79.0 cm³/mol. The Bertz CT molecular complexity index is 741. The zero-order valence-corrected chi connectivity index (χ0v) is 13.5. The van der Waals surface area contributed by atoms with Gasteiger partial charge in [0, 0.05) is 16.7 Å². The number of halogens is 1. The molecule has 0 bridgehead atoms. The topological polar surface area (TPSA) is 74.1 Å². The van der Waals surface area contributed by atoms with Crippen molar-refractivity contribution in [1.82, 2.24) is 14.8 Å². The number of hydrogen-bond donors (Lipinski definition) is 0. The summed E-state index contributed by atoms with van der Waals surface area (Å²) in [5.74, 6) is 0.817. The van der Waals surface area contributed by atoms with E-state index in [4.69, 9.17) is 15.4 Å². The van der Waals surface area contributed by atoms with E-state index in [1.165, 1.54) is 12.4 Å². The first-order chi connectivity index (χ1) is 9.79. The van der Waals surface area contributed by atoms with Crippen molar-refractivity contribution < 1.29 is 13.2 Å². The average Bonchev–Trinajstić information content (AvgIpc) is 2.84. The van der Waals surface area contributed by atoms with Crippen molar-refractivity contribution in [2.75, 3.05) is 0 Å². The molecule has 0 saturated heterocycles. The molecule has 8 heteroatoms. The van der Waals surface area contributed by atoms with Crippen LogP contribution in [0.15, 0.2) is 29.4 Å². The molecule has 1 heterocycles. The molecule has 0 unspecified atom stereocenters. The Balaban J connectivity index is 2.27. The molecule has 1 aromatic heterocycles. The second-order valence-electron chi connectivity index (χ2n) is 4.89. The molecule has 114 valence electrons. The molecule has 2 aromatic rings. The van der Waals surface area contributed by atoms with Crippen molar-refractivity contribution in [2.45, 2.75) is 38.3 Å². The number of benzene rings is 1. The minimum Gasteiger partial charge on any atom is -0.484 e. The van der Waals surface area contributed by atoms with Crippen LogP contribution in [0.25, 0.3) is 0 Å².